The van der Waals surface area contributed by atoms with Gasteiger partial charge >= 0.3 is 0 Å². The van der Waals surface area contributed by atoms with Crippen LogP contribution < -0.4 is 11.2 Å². The summed E-state index contributed by atoms with van der Waals surface area (Å²) >= 11 is 6.48. The zero-order valence-corrected chi connectivity index (χ0v) is 13.5. The fraction of sp³-hybridized carbons (Fsp3) is 0.100. The molecular weight excluding hydrogens is 410 g/mol. The van der Waals surface area contributed by atoms with Crippen LogP contribution in [0.1, 0.15) is 5.56 Å². The second kappa shape index (κ2) is 6.63. The molecule has 0 aliphatic rings. The van der Waals surface area contributed by atoms with Gasteiger partial charge in [-0.15, -0.1) is 0 Å². The third-order valence-electron chi connectivity index (χ3n) is 2.30. The van der Waals surface area contributed by atoms with Gasteiger partial charge in [-0.05, 0) is 38.5 Å². The SMILES string of the molecule is Nc1nnnn1CC(=O)N/N=C\c1cc(Br)cc(Br)c1O. The number of hydrazone groups is 1. The molecule has 9 nitrogen and oxygen atoms in total. The van der Waals surface area contributed by atoms with Crippen molar-refractivity contribution >= 4 is 49.9 Å². The first-order valence-corrected chi connectivity index (χ1v) is 7.07. The maximum absolute atomic E-state index is 11.6. The van der Waals surface area contributed by atoms with Gasteiger partial charge in [0.15, 0.2) is 0 Å². The Kier molecular flexibility index (Phi) is 4.85. The van der Waals surface area contributed by atoms with Crippen molar-refractivity contribution in [3.63, 3.8) is 0 Å². The predicted molar refractivity (Wildman–Crippen MR) is 81.5 cm³/mol. The van der Waals surface area contributed by atoms with Gasteiger partial charge in [0.2, 0.25) is 5.95 Å². The zero-order chi connectivity index (χ0) is 15.4. The number of nitrogens with one attached hydrogen (secondary N) is 1. The number of nitrogens with zero attached hydrogens (tertiary/aromatic N) is 5. The van der Waals surface area contributed by atoms with Gasteiger partial charge in [-0.2, -0.15) is 5.10 Å². The summed E-state index contributed by atoms with van der Waals surface area (Å²) < 4.78 is 2.38. The Morgan fingerprint density at radius 1 is 1.52 bits per heavy atom. The minimum atomic E-state index is -0.459. The van der Waals surface area contributed by atoms with Crippen LogP contribution in [-0.2, 0) is 11.3 Å². The molecule has 2 rings (SSSR count). The third kappa shape index (κ3) is 3.98. The summed E-state index contributed by atoms with van der Waals surface area (Å²) in [5.74, 6) is -0.414. The summed E-state index contributed by atoms with van der Waals surface area (Å²) in [5, 5.41) is 23.8. The first-order valence-electron chi connectivity index (χ1n) is 5.49. The van der Waals surface area contributed by atoms with Crippen LogP contribution in [0.5, 0.6) is 5.75 Å². The second-order valence-corrected chi connectivity index (χ2v) is 5.58. The van der Waals surface area contributed by atoms with Gasteiger partial charge in [0.05, 0.1) is 10.7 Å². The van der Waals surface area contributed by atoms with E-state index in [0.717, 1.165) is 9.15 Å². The molecule has 0 saturated carbocycles. The number of amides is 1. The topological polar surface area (TPSA) is 131 Å². The smallest absolute Gasteiger partial charge is 0.261 e. The molecule has 0 aliphatic carbocycles. The number of halogens is 2. The van der Waals surface area contributed by atoms with Crippen molar-refractivity contribution in [2.24, 2.45) is 5.10 Å². The molecule has 110 valence electrons. The molecular formula is C10H9Br2N7O2. The van der Waals surface area contributed by atoms with Crippen molar-refractivity contribution in [1.82, 2.24) is 25.6 Å². The Bertz CT molecular complexity index is 701. The number of phenols is 1. The van der Waals surface area contributed by atoms with Gasteiger partial charge in [-0.1, -0.05) is 21.0 Å². The molecule has 0 bridgehead atoms. The molecule has 1 heterocycles. The van der Waals surface area contributed by atoms with Crippen LogP contribution in [0.15, 0.2) is 26.2 Å². The lowest BCUT2D eigenvalue weighted by molar-refractivity contribution is -0.121. The lowest BCUT2D eigenvalue weighted by Gasteiger charge is -2.03. The van der Waals surface area contributed by atoms with Gasteiger partial charge in [0.25, 0.3) is 5.91 Å². The normalized spacial score (nSPS) is 11.0. The highest BCUT2D eigenvalue weighted by molar-refractivity contribution is 9.11. The van der Waals surface area contributed by atoms with Crippen molar-refractivity contribution in [2.45, 2.75) is 6.54 Å². The molecule has 4 N–H and O–H groups in total. The van der Waals surface area contributed by atoms with Gasteiger partial charge in [0, 0.05) is 10.0 Å². The van der Waals surface area contributed by atoms with Gasteiger partial charge in [-0.25, -0.2) is 10.1 Å². The number of rotatable bonds is 4. The van der Waals surface area contributed by atoms with Crippen LogP contribution in [-0.4, -0.2) is 37.4 Å². The first-order chi connectivity index (χ1) is 9.97. The van der Waals surface area contributed by atoms with E-state index in [0.29, 0.717) is 10.0 Å². The Balaban J connectivity index is 1.99. The van der Waals surface area contributed by atoms with E-state index in [2.05, 4.69) is 57.9 Å². The molecule has 1 aromatic carbocycles. The van der Waals surface area contributed by atoms with E-state index in [1.54, 1.807) is 12.1 Å². The summed E-state index contributed by atoms with van der Waals surface area (Å²) in [5.41, 5.74) is 8.14. The number of carbonyl (C=O) groups is 1. The molecule has 21 heavy (non-hydrogen) atoms. The highest BCUT2D eigenvalue weighted by Crippen LogP contribution is 2.30. The Labute approximate surface area is 135 Å². The summed E-state index contributed by atoms with van der Waals surface area (Å²) in [7, 11) is 0. The lowest BCUT2D eigenvalue weighted by Crippen LogP contribution is -2.24. The maximum atomic E-state index is 11.6. The van der Waals surface area contributed by atoms with Crippen molar-refractivity contribution in [1.29, 1.82) is 0 Å². The number of aromatic hydroxyl groups is 1. The zero-order valence-electron chi connectivity index (χ0n) is 10.4. The van der Waals surface area contributed by atoms with E-state index in [1.165, 1.54) is 6.21 Å². The highest BCUT2D eigenvalue weighted by atomic mass is 79.9. The summed E-state index contributed by atoms with van der Waals surface area (Å²) in [4.78, 5) is 11.6. The minimum Gasteiger partial charge on any atom is -0.506 e. The number of hydrogen-bond donors (Lipinski definition) is 3. The Morgan fingerprint density at radius 3 is 2.95 bits per heavy atom. The minimum absolute atomic E-state index is 0.0147. The van der Waals surface area contributed by atoms with Crippen LogP contribution in [0, 0.1) is 0 Å². The lowest BCUT2D eigenvalue weighted by atomic mass is 10.2. The van der Waals surface area contributed by atoms with E-state index in [1.807, 2.05) is 0 Å². The number of hydrogen-bond acceptors (Lipinski definition) is 7. The van der Waals surface area contributed by atoms with E-state index >= 15 is 0 Å². The molecule has 0 spiro atoms. The number of aromatic nitrogens is 4. The molecule has 2 aromatic rings. The number of phenolic OH excluding ortho intramolecular Hbond substituents is 1. The van der Waals surface area contributed by atoms with Crippen LogP contribution in [0.3, 0.4) is 0 Å². The second-order valence-electron chi connectivity index (χ2n) is 3.81. The van der Waals surface area contributed by atoms with Crippen molar-refractivity contribution in [2.75, 3.05) is 5.73 Å². The fourth-order valence-corrected chi connectivity index (χ4v) is 2.61. The average Bonchev–Trinajstić information content (AvgIpc) is 2.80. The van der Waals surface area contributed by atoms with Crippen molar-refractivity contribution in [3.8, 4) is 5.75 Å². The van der Waals surface area contributed by atoms with Crippen LogP contribution >= 0.6 is 31.9 Å². The van der Waals surface area contributed by atoms with E-state index in [-0.39, 0.29) is 18.2 Å². The van der Waals surface area contributed by atoms with Crippen LogP contribution in [0.2, 0.25) is 0 Å². The Morgan fingerprint density at radius 2 is 2.29 bits per heavy atom. The summed E-state index contributed by atoms with van der Waals surface area (Å²) in [6.45, 7) is -0.162. The highest BCUT2D eigenvalue weighted by Gasteiger charge is 2.08. The maximum Gasteiger partial charge on any atom is 0.261 e. The quantitative estimate of drug-likeness (QED) is 0.493. The van der Waals surface area contributed by atoms with Gasteiger partial charge in [-0.3, -0.25) is 4.79 Å². The van der Waals surface area contributed by atoms with Crippen molar-refractivity contribution in [3.05, 3.63) is 26.6 Å². The monoisotopic (exact) mass is 417 g/mol. The molecule has 0 atom stereocenters. The fourth-order valence-electron chi connectivity index (χ4n) is 1.35. The largest absolute Gasteiger partial charge is 0.506 e. The summed E-state index contributed by atoms with van der Waals surface area (Å²) in [6.07, 6.45) is 1.31. The van der Waals surface area contributed by atoms with Crippen molar-refractivity contribution < 1.29 is 9.90 Å². The number of anilines is 1. The molecule has 0 radical (unpaired) electrons. The molecule has 1 aromatic heterocycles. The van der Waals surface area contributed by atoms with E-state index in [4.69, 9.17) is 5.73 Å². The predicted octanol–water partition coefficient (Wildman–Crippen LogP) is 0.636. The van der Waals surface area contributed by atoms with E-state index < -0.39 is 5.91 Å². The summed E-state index contributed by atoms with van der Waals surface area (Å²) in [6, 6.07) is 3.33. The van der Waals surface area contributed by atoms with Crippen LogP contribution in [0.25, 0.3) is 0 Å². The molecule has 1 amide bonds. The van der Waals surface area contributed by atoms with Gasteiger partial charge in [0.1, 0.15) is 12.3 Å². The molecule has 0 unspecified atom stereocenters. The number of carbonyl (C=O) groups excluding carboxylic acids is 1. The molecule has 11 heteroatoms. The molecule has 0 saturated heterocycles. The van der Waals surface area contributed by atoms with Gasteiger partial charge < -0.3 is 10.8 Å². The third-order valence-corrected chi connectivity index (χ3v) is 3.37. The van der Waals surface area contributed by atoms with E-state index in [9.17, 15) is 9.90 Å². The first kappa shape index (κ1) is 15.4. The van der Waals surface area contributed by atoms with Crippen LogP contribution in [0.4, 0.5) is 5.95 Å². The number of tetrazole rings is 1. The Hall–Kier alpha value is -2.01. The average molecular weight is 419 g/mol. The number of nitrogen functional groups attached to an aromatic ring is 1. The number of benzene rings is 1. The number of nitrogens with two attached hydrogens (primary N) is 1. The molecule has 0 aliphatic heterocycles. The molecule has 0 fully saturated rings. The standard InChI is InChI=1S/C10H9Br2N7O2/c11-6-1-5(9(21)7(12)2-6)3-14-15-8(20)4-19-10(13)16-17-18-19/h1-3,21H,4H2,(H,15,20)(H2,13,16,18)/b14-3-.